The topological polar surface area (TPSA) is 82.1 Å². The fourth-order valence-electron chi connectivity index (χ4n) is 2.60. The highest BCUT2D eigenvalue weighted by atomic mass is 19.1. The molecule has 5 nitrogen and oxygen atoms in total. The number of piperidine rings is 1. The van der Waals surface area contributed by atoms with E-state index in [-0.39, 0.29) is 23.7 Å². The molecule has 0 amide bonds. The fourth-order valence-corrected chi connectivity index (χ4v) is 2.60. The third-order valence-corrected chi connectivity index (χ3v) is 3.91. The Labute approximate surface area is 117 Å². The number of benzene rings is 1. The van der Waals surface area contributed by atoms with Gasteiger partial charge in [0.2, 0.25) is 0 Å². The summed E-state index contributed by atoms with van der Waals surface area (Å²) in [7, 11) is 0. The second kappa shape index (κ2) is 6.09. The molecule has 1 aromatic rings. The summed E-state index contributed by atoms with van der Waals surface area (Å²) in [6.07, 6.45) is 1.38. The molecule has 1 aromatic carbocycles. The van der Waals surface area contributed by atoms with Crippen LogP contribution in [0.15, 0.2) is 23.4 Å². The molecule has 0 radical (unpaired) electrons. The van der Waals surface area contributed by atoms with Crippen LogP contribution in [0.2, 0.25) is 0 Å². The lowest BCUT2D eigenvalue weighted by Crippen LogP contribution is -2.37. The molecule has 6 heteroatoms. The van der Waals surface area contributed by atoms with Crippen molar-refractivity contribution in [2.75, 3.05) is 18.0 Å². The van der Waals surface area contributed by atoms with Crippen molar-refractivity contribution in [1.82, 2.24) is 0 Å². The lowest BCUT2D eigenvalue weighted by Gasteiger charge is -2.35. The van der Waals surface area contributed by atoms with Crippen molar-refractivity contribution in [1.29, 1.82) is 0 Å². The Morgan fingerprint density at radius 3 is 2.60 bits per heavy atom. The summed E-state index contributed by atoms with van der Waals surface area (Å²) in [5.41, 5.74) is 6.31. The van der Waals surface area contributed by atoms with Gasteiger partial charge in [-0.25, -0.2) is 4.39 Å². The molecule has 20 heavy (non-hydrogen) atoms. The maximum absolute atomic E-state index is 14.1. The minimum absolute atomic E-state index is 0.108. The van der Waals surface area contributed by atoms with Crippen LogP contribution in [0.4, 0.5) is 10.1 Å². The summed E-state index contributed by atoms with van der Waals surface area (Å²) < 4.78 is 14.1. The highest BCUT2D eigenvalue weighted by molar-refractivity contribution is 5.97. The number of hydrogen-bond acceptors (Lipinski definition) is 4. The molecular formula is C14H20FN3O2. The number of nitrogens with zero attached hydrogens (tertiary/aromatic N) is 2. The molecule has 0 bridgehead atoms. The number of rotatable bonds is 3. The van der Waals surface area contributed by atoms with Crippen molar-refractivity contribution in [2.24, 2.45) is 16.8 Å². The standard InChI is InChI=1S/C14H20FN3O2/c1-9(19)10-4-6-18(7-5-10)13-3-2-11(8-12(13)15)14(16)17-20/h2-3,8-10,19-20H,4-7H2,1H3,(H2,16,17). The van der Waals surface area contributed by atoms with Crippen molar-refractivity contribution >= 4 is 11.5 Å². The molecule has 110 valence electrons. The smallest absolute Gasteiger partial charge is 0.170 e. The van der Waals surface area contributed by atoms with Gasteiger partial charge >= 0.3 is 0 Å². The van der Waals surface area contributed by atoms with Gasteiger partial charge in [-0.3, -0.25) is 0 Å². The van der Waals surface area contributed by atoms with Gasteiger partial charge < -0.3 is 20.9 Å². The van der Waals surface area contributed by atoms with Crippen LogP contribution in [0.25, 0.3) is 0 Å². The van der Waals surface area contributed by atoms with Crippen molar-refractivity contribution in [3.05, 3.63) is 29.6 Å². The van der Waals surface area contributed by atoms with E-state index >= 15 is 0 Å². The van der Waals surface area contributed by atoms with Crippen LogP contribution in [-0.2, 0) is 0 Å². The summed E-state index contributed by atoms with van der Waals surface area (Å²) in [5, 5.41) is 21.0. The third-order valence-electron chi connectivity index (χ3n) is 3.91. The van der Waals surface area contributed by atoms with E-state index in [0.29, 0.717) is 11.3 Å². The zero-order valence-corrected chi connectivity index (χ0v) is 11.5. The van der Waals surface area contributed by atoms with Crippen LogP contribution in [-0.4, -0.2) is 35.3 Å². The predicted molar refractivity (Wildman–Crippen MR) is 75.5 cm³/mol. The Bertz CT molecular complexity index is 497. The van der Waals surface area contributed by atoms with Crippen LogP contribution in [0.5, 0.6) is 0 Å². The molecule has 2 rings (SSSR count). The summed E-state index contributed by atoms with van der Waals surface area (Å²) in [4.78, 5) is 1.96. The number of hydrogen-bond donors (Lipinski definition) is 3. The van der Waals surface area contributed by atoms with E-state index in [0.717, 1.165) is 25.9 Å². The molecule has 1 fully saturated rings. The first-order valence-corrected chi connectivity index (χ1v) is 6.73. The number of nitrogens with two attached hydrogens (primary N) is 1. The minimum atomic E-state index is -0.385. The predicted octanol–water partition coefficient (Wildman–Crippen LogP) is 1.52. The van der Waals surface area contributed by atoms with Gasteiger partial charge in [0.15, 0.2) is 5.84 Å². The largest absolute Gasteiger partial charge is 0.409 e. The number of oxime groups is 1. The Morgan fingerprint density at radius 1 is 1.45 bits per heavy atom. The molecule has 1 saturated heterocycles. The van der Waals surface area contributed by atoms with Crippen LogP contribution < -0.4 is 10.6 Å². The zero-order valence-electron chi connectivity index (χ0n) is 11.5. The van der Waals surface area contributed by atoms with Gasteiger partial charge in [-0.05, 0) is 43.9 Å². The van der Waals surface area contributed by atoms with Gasteiger partial charge in [-0.2, -0.15) is 0 Å². The van der Waals surface area contributed by atoms with Crippen LogP contribution in [0.1, 0.15) is 25.3 Å². The average molecular weight is 281 g/mol. The first-order chi connectivity index (χ1) is 9.52. The molecule has 1 heterocycles. The fraction of sp³-hybridized carbons (Fsp3) is 0.500. The number of amidine groups is 1. The van der Waals surface area contributed by atoms with E-state index in [9.17, 15) is 9.50 Å². The van der Waals surface area contributed by atoms with Crippen molar-refractivity contribution in [3.63, 3.8) is 0 Å². The molecule has 4 N–H and O–H groups in total. The van der Waals surface area contributed by atoms with Gasteiger partial charge in [-0.1, -0.05) is 5.16 Å². The molecule has 0 saturated carbocycles. The molecule has 0 spiro atoms. The maximum Gasteiger partial charge on any atom is 0.170 e. The highest BCUT2D eigenvalue weighted by Crippen LogP contribution is 2.27. The van der Waals surface area contributed by atoms with E-state index in [1.165, 1.54) is 6.07 Å². The lowest BCUT2D eigenvalue weighted by molar-refractivity contribution is 0.110. The van der Waals surface area contributed by atoms with E-state index in [4.69, 9.17) is 10.9 Å². The molecule has 1 atom stereocenters. The first kappa shape index (κ1) is 14.6. The normalized spacial score (nSPS) is 19.1. The molecule has 0 aromatic heterocycles. The van der Waals surface area contributed by atoms with E-state index in [1.807, 2.05) is 4.90 Å². The Balaban J connectivity index is 2.11. The zero-order chi connectivity index (χ0) is 14.7. The van der Waals surface area contributed by atoms with Crippen molar-refractivity contribution < 1.29 is 14.7 Å². The van der Waals surface area contributed by atoms with Crippen molar-refractivity contribution in [3.8, 4) is 0 Å². The number of aliphatic hydroxyl groups is 1. The molecule has 1 aliphatic heterocycles. The number of halogens is 1. The lowest BCUT2D eigenvalue weighted by atomic mass is 9.92. The number of anilines is 1. The van der Waals surface area contributed by atoms with E-state index < -0.39 is 0 Å². The van der Waals surface area contributed by atoms with Crippen LogP contribution >= 0.6 is 0 Å². The second-order valence-electron chi connectivity index (χ2n) is 5.22. The monoisotopic (exact) mass is 281 g/mol. The maximum atomic E-state index is 14.1. The molecule has 0 aliphatic carbocycles. The second-order valence-corrected chi connectivity index (χ2v) is 5.22. The highest BCUT2D eigenvalue weighted by Gasteiger charge is 2.24. The molecule has 1 aliphatic rings. The summed E-state index contributed by atoms with van der Waals surface area (Å²) >= 11 is 0. The Kier molecular flexibility index (Phi) is 4.44. The van der Waals surface area contributed by atoms with Gasteiger partial charge in [0.1, 0.15) is 5.82 Å². The summed E-state index contributed by atoms with van der Waals surface area (Å²) in [6, 6.07) is 4.55. The quantitative estimate of drug-likeness (QED) is 0.339. The van der Waals surface area contributed by atoms with Crippen LogP contribution in [0, 0.1) is 11.7 Å². The SMILES string of the molecule is CC(O)C1CCN(c2ccc(/C(N)=N/O)cc2F)CC1. The number of aliphatic hydroxyl groups excluding tert-OH is 1. The van der Waals surface area contributed by atoms with Gasteiger partial charge in [0.05, 0.1) is 11.8 Å². The summed E-state index contributed by atoms with van der Waals surface area (Å²) in [6.45, 7) is 3.23. The van der Waals surface area contributed by atoms with Gasteiger partial charge in [-0.15, -0.1) is 0 Å². The van der Waals surface area contributed by atoms with Gasteiger partial charge in [0.25, 0.3) is 0 Å². The van der Waals surface area contributed by atoms with Crippen LogP contribution in [0.3, 0.4) is 0 Å². The van der Waals surface area contributed by atoms with E-state index in [2.05, 4.69) is 5.16 Å². The Hall–Kier alpha value is -1.82. The third kappa shape index (κ3) is 3.01. The van der Waals surface area contributed by atoms with Gasteiger partial charge in [0, 0.05) is 18.7 Å². The van der Waals surface area contributed by atoms with Crippen molar-refractivity contribution in [2.45, 2.75) is 25.9 Å². The first-order valence-electron chi connectivity index (χ1n) is 6.73. The minimum Gasteiger partial charge on any atom is -0.409 e. The van der Waals surface area contributed by atoms with E-state index in [1.54, 1.807) is 19.1 Å². The Morgan fingerprint density at radius 2 is 2.10 bits per heavy atom. The molecule has 1 unspecified atom stereocenters. The average Bonchev–Trinajstić information content (AvgIpc) is 2.46. The summed E-state index contributed by atoms with van der Waals surface area (Å²) in [5.74, 6) is -0.210. The molecular weight excluding hydrogens is 261 g/mol.